The van der Waals surface area contributed by atoms with Crippen LogP contribution in [0.2, 0.25) is 0 Å². The highest BCUT2D eigenvalue weighted by Crippen LogP contribution is 2.24. The first kappa shape index (κ1) is 16.5. The van der Waals surface area contributed by atoms with Gasteiger partial charge in [-0.2, -0.15) is 0 Å². The van der Waals surface area contributed by atoms with Crippen LogP contribution in [0.5, 0.6) is 17.4 Å². The summed E-state index contributed by atoms with van der Waals surface area (Å²) in [5.74, 6) is 1.35. The summed E-state index contributed by atoms with van der Waals surface area (Å²) in [7, 11) is 0. The van der Waals surface area contributed by atoms with Crippen molar-refractivity contribution in [2.75, 3.05) is 11.9 Å². The molecule has 5 nitrogen and oxygen atoms in total. The van der Waals surface area contributed by atoms with Gasteiger partial charge < -0.3 is 14.8 Å². The summed E-state index contributed by atoms with van der Waals surface area (Å²) in [5.41, 5.74) is 1.03. The van der Waals surface area contributed by atoms with Gasteiger partial charge in [-0.3, -0.25) is 4.79 Å². The summed E-state index contributed by atoms with van der Waals surface area (Å²) in [5, 5.41) is 2.84. The molecule has 1 amide bonds. The minimum absolute atomic E-state index is 0.261. The zero-order chi connectivity index (χ0) is 17.5. The smallest absolute Gasteiger partial charge is 0.261 e. The molecule has 0 aliphatic rings. The van der Waals surface area contributed by atoms with Crippen LogP contribution in [0.1, 0.15) is 17.3 Å². The first-order valence-corrected chi connectivity index (χ1v) is 7.98. The summed E-state index contributed by atoms with van der Waals surface area (Å²) < 4.78 is 11.1. The van der Waals surface area contributed by atoms with Crippen molar-refractivity contribution in [3.05, 3.63) is 78.5 Å². The number of hydrogen-bond donors (Lipinski definition) is 1. The van der Waals surface area contributed by atoms with E-state index >= 15 is 0 Å². The van der Waals surface area contributed by atoms with E-state index in [1.807, 2.05) is 49.4 Å². The Kier molecular flexibility index (Phi) is 5.26. The monoisotopic (exact) mass is 334 g/mol. The van der Waals surface area contributed by atoms with Gasteiger partial charge in [-0.25, -0.2) is 4.98 Å². The maximum Gasteiger partial charge on any atom is 0.261 e. The topological polar surface area (TPSA) is 60.5 Å². The average Bonchev–Trinajstić information content (AvgIpc) is 2.65. The molecule has 0 spiro atoms. The summed E-state index contributed by atoms with van der Waals surface area (Å²) in [6.07, 6.45) is 1.59. The van der Waals surface area contributed by atoms with Crippen LogP contribution in [-0.4, -0.2) is 17.5 Å². The zero-order valence-corrected chi connectivity index (χ0v) is 13.8. The van der Waals surface area contributed by atoms with Crippen molar-refractivity contribution in [1.29, 1.82) is 0 Å². The Bertz CT molecular complexity index is 833. The number of hydrogen-bond acceptors (Lipinski definition) is 4. The van der Waals surface area contributed by atoms with E-state index in [1.54, 1.807) is 30.5 Å². The molecule has 0 aliphatic carbocycles. The third kappa shape index (κ3) is 4.35. The van der Waals surface area contributed by atoms with Crippen molar-refractivity contribution < 1.29 is 14.3 Å². The molecule has 0 atom stereocenters. The van der Waals surface area contributed by atoms with E-state index in [1.165, 1.54) is 0 Å². The molecular weight excluding hydrogens is 316 g/mol. The number of carbonyl (C=O) groups is 1. The lowest BCUT2D eigenvalue weighted by molar-refractivity contribution is 0.102. The van der Waals surface area contributed by atoms with E-state index < -0.39 is 0 Å². The van der Waals surface area contributed by atoms with Gasteiger partial charge in [0.1, 0.15) is 17.1 Å². The largest absolute Gasteiger partial charge is 0.494 e. The average molecular weight is 334 g/mol. The van der Waals surface area contributed by atoms with Crippen LogP contribution in [0, 0.1) is 0 Å². The molecule has 0 bridgehead atoms. The van der Waals surface area contributed by atoms with Crippen molar-refractivity contribution in [2.24, 2.45) is 0 Å². The number of carbonyl (C=O) groups excluding carboxylic acids is 1. The Morgan fingerprint density at radius 1 is 0.960 bits per heavy atom. The number of pyridine rings is 1. The van der Waals surface area contributed by atoms with E-state index in [4.69, 9.17) is 9.47 Å². The molecule has 0 saturated carbocycles. The quantitative estimate of drug-likeness (QED) is 0.720. The highest BCUT2D eigenvalue weighted by atomic mass is 16.5. The van der Waals surface area contributed by atoms with Crippen LogP contribution < -0.4 is 14.8 Å². The van der Waals surface area contributed by atoms with Crippen molar-refractivity contribution in [3.63, 3.8) is 0 Å². The zero-order valence-electron chi connectivity index (χ0n) is 13.8. The van der Waals surface area contributed by atoms with Gasteiger partial charge in [0, 0.05) is 11.9 Å². The molecule has 3 aromatic rings. The Hall–Kier alpha value is -3.34. The second-order valence-electron chi connectivity index (χ2n) is 5.18. The maximum atomic E-state index is 12.6. The normalized spacial score (nSPS) is 10.1. The first-order chi connectivity index (χ1) is 12.3. The minimum atomic E-state index is -0.289. The summed E-state index contributed by atoms with van der Waals surface area (Å²) in [6.45, 7) is 2.52. The highest BCUT2D eigenvalue weighted by molar-refractivity contribution is 6.05. The summed E-state index contributed by atoms with van der Waals surface area (Å²) >= 11 is 0. The van der Waals surface area contributed by atoms with E-state index in [0.29, 0.717) is 23.6 Å². The van der Waals surface area contributed by atoms with E-state index in [9.17, 15) is 4.79 Å². The molecule has 5 heteroatoms. The van der Waals surface area contributed by atoms with E-state index in [-0.39, 0.29) is 11.8 Å². The number of anilines is 1. The van der Waals surface area contributed by atoms with Crippen LogP contribution >= 0.6 is 0 Å². The number of benzene rings is 2. The predicted molar refractivity (Wildman–Crippen MR) is 96.3 cm³/mol. The standard InChI is InChI=1S/C20H18N2O3/c1-2-24-16-12-10-15(11-13-16)22-19(23)18-9-6-14-21-20(18)25-17-7-4-3-5-8-17/h3-14H,2H2,1H3,(H,22,23). The second kappa shape index (κ2) is 7.97. The molecule has 0 aliphatic heterocycles. The highest BCUT2D eigenvalue weighted by Gasteiger charge is 2.14. The second-order valence-corrected chi connectivity index (χ2v) is 5.18. The number of nitrogens with zero attached hydrogens (tertiary/aromatic N) is 1. The lowest BCUT2D eigenvalue weighted by atomic mass is 10.2. The third-order valence-corrected chi connectivity index (χ3v) is 3.40. The molecule has 126 valence electrons. The number of nitrogens with one attached hydrogen (secondary N) is 1. The Labute approximate surface area is 146 Å². The van der Waals surface area contributed by atoms with E-state index in [0.717, 1.165) is 5.75 Å². The number of ether oxygens (including phenoxy) is 2. The number of para-hydroxylation sites is 1. The van der Waals surface area contributed by atoms with Gasteiger partial charge >= 0.3 is 0 Å². The Balaban J connectivity index is 1.76. The fraction of sp³-hybridized carbons (Fsp3) is 0.100. The molecule has 1 aromatic heterocycles. The lowest BCUT2D eigenvalue weighted by Gasteiger charge is -2.11. The van der Waals surface area contributed by atoms with Gasteiger partial charge in [0.2, 0.25) is 5.88 Å². The van der Waals surface area contributed by atoms with Gasteiger partial charge in [0.05, 0.1) is 6.61 Å². The molecule has 1 N–H and O–H groups in total. The summed E-state index contributed by atoms with van der Waals surface area (Å²) in [4.78, 5) is 16.7. The van der Waals surface area contributed by atoms with Crippen molar-refractivity contribution >= 4 is 11.6 Å². The molecule has 0 unspecified atom stereocenters. The molecule has 0 fully saturated rings. The van der Waals surface area contributed by atoms with Crippen LogP contribution in [0.15, 0.2) is 72.9 Å². The van der Waals surface area contributed by atoms with Crippen molar-refractivity contribution in [1.82, 2.24) is 4.98 Å². The van der Waals surface area contributed by atoms with Crippen molar-refractivity contribution in [3.8, 4) is 17.4 Å². The van der Waals surface area contributed by atoms with Gasteiger partial charge in [-0.1, -0.05) is 18.2 Å². The summed E-state index contributed by atoms with van der Waals surface area (Å²) in [6, 6.07) is 19.8. The number of aromatic nitrogens is 1. The molecular formula is C20H18N2O3. The number of amides is 1. The van der Waals surface area contributed by atoms with E-state index in [2.05, 4.69) is 10.3 Å². The van der Waals surface area contributed by atoms with Crippen molar-refractivity contribution in [2.45, 2.75) is 6.92 Å². The molecule has 25 heavy (non-hydrogen) atoms. The Morgan fingerprint density at radius 3 is 2.44 bits per heavy atom. The van der Waals surface area contributed by atoms with Gasteiger partial charge in [-0.15, -0.1) is 0 Å². The third-order valence-electron chi connectivity index (χ3n) is 3.40. The van der Waals surface area contributed by atoms with Crippen LogP contribution in [0.4, 0.5) is 5.69 Å². The van der Waals surface area contributed by atoms with Crippen LogP contribution in [0.3, 0.4) is 0 Å². The molecule has 2 aromatic carbocycles. The fourth-order valence-electron chi connectivity index (χ4n) is 2.24. The fourth-order valence-corrected chi connectivity index (χ4v) is 2.24. The first-order valence-electron chi connectivity index (χ1n) is 7.98. The van der Waals surface area contributed by atoms with Gasteiger partial charge in [-0.05, 0) is 55.5 Å². The molecule has 0 saturated heterocycles. The lowest BCUT2D eigenvalue weighted by Crippen LogP contribution is -2.13. The maximum absolute atomic E-state index is 12.6. The number of rotatable bonds is 6. The van der Waals surface area contributed by atoms with Crippen LogP contribution in [0.25, 0.3) is 0 Å². The SMILES string of the molecule is CCOc1ccc(NC(=O)c2cccnc2Oc2ccccc2)cc1. The predicted octanol–water partition coefficient (Wildman–Crippen LogP) is 4.52. The molecule has 1 heterocycles. The minimum Gasteiger partial charge on any atom is -0.494 e. The molecule has 3 rings (SSSR count). The molecule has 0 radical (unpaired) electrons. The van der Waals surface area contributed by atoms with Gasteiger partial charge in [0.25, 0.3) is 5.91 Å². The van der Waals surface area contributed by atoms with Gasteiger partial charge in [0.15, 0.2) is 0 Å². The van der Waals surface area contributed by atoms with Crippen LogP contribution in [-0.2, 0) is 0 Å². The Morgan fingerprint density at radius 2 is 1.72 bits per heavy atom.